The Hall–Kier alpha value is -0.950. The van der Waals surface area contributed by atoms with Crippen molar-refractivity contribution < 1.29 is 13.5 Å². The Balaban J connectivity index is 1.81. The first-order valence-corrected chi connectivity index (χ1v) is 9.13. The first-order chi connectivity index (χ1) is 9.86. The van der Waals surface area contributed by atoms with E-state index >= 15 is 0 Å². The van der Waals surface area contributed by atoms with E-state index in [0.717, 1.165) is 25.2 Å². The zero-order valence-electron chi connectivity index (χ0n) is 12.6. The van der Waals surface area contributed by atoms with E-state index in [4.69, 9.17) is 0 Å². The normalized spacial score (nSPS) is 21.6. The van der Waals surface area contributed by atoms with Crippen molar-refractivity contribution in [3.63, 3.8) is 0 Å². The van der Waals surface area contributed by atoms with Gasteiger partial charge in [-0.05, 0) is 50.2 Å². The molecule has 6 heteroatoms. The lowest BCUT2D eigenvalue weighted by molar-refractivity contribution is 0.172. The van der Waals surface area contributed by atoms with Gasteiger partial charge in [0.05, 0.1) is 11.0 Å². The Bertz CT molecular complexity index is 557. The third-order valence-electron chi connectivity index (χ3n) is 3.95. The van der Waals surface area contributed by atoms with Crippen LogP contribution in [0.15, 0.2) is 29.2 Å². The monoisotopic (exact) mass is 312 g/mol. The summed E-state index contributed by atoms with van der Waals surface area (Å²) in [5.74, 6) is 0.648. The zero-order chi connectivity index (χ0) is 15.5. The van der Waals surface area contributed by atoms with Gasteiger partial charge < -0.3 is 15.3 Å². The predicted molar refractivity (Wildman–Crippen MR) is 83.0 cm³/mol. The summed E-state index contributed by atoms with van der Waals surface area (Å²) in [5, 5.41) is 13.4. The second-order valence-electron chi connectivity index (χ2n) is 5.93. The van der Waals surface area contributed by atoms with Crippen LogP contribution in [0.4, 0.5) is 0 Å². The van der Waals surface area contributed by atoms with Crippen LogP contribution in [0.5, 0.6) is 0 Å². The topological polar surface area (TPSA) is 69.6 Å². The van der Waals surface area contributed by atoms with Crippen LogP contribution >= 0.6 is 0 Å². The van der Waals surface area contributed by atoms with E-state index in [1.807, 2.05) is 0 Å². The lowest BCUT2D eigenvalue weighted by Crippen LogP contribution is -2.28. The molecule has 0 aliphatic carbocycles. The van der Waals surface area contributed by atoms with Crippen molar-refractivity contribution in [1.29, 1.82) is 0 Å². The smallest absolute Gasteiger partial charge is 0.175 e. The average Bonchev–Trinajstić information content (AvgIpc) is 2.83. The Morgan fingerprint density at radius 1 is 1.38 bits per heavy atom. The fraction of sp³-hybridized carbons (Fsp3) is 0.600. The molecule has 1 heterocycles. The predicted octanol–water partition coefficient (Wildman–Crippen LogP) is 0.665. The minimum absolute atomic E-state index is 0.278. The molecule has 0 aromatic heterocycles. The van der Waals surface area contributed by atoms with Gasteiger partial charge in [-0.3, -0.25) is 0 Å². The van der Waals surface area contributed by atoms with Crippen molar-refractivity contribution in [2.45, 2.75) is 17.4 Å². The third-order valence-corrected chi connectivity index (χ3v) is 5.08. The summed E-state index contributed by atoms with van der Waals surface area (Å²) in [6.45, 7) is 3.63. The zero-order valence-corrected chi connectivity index (χ0v) is 13.4. The van der Waals surface area contributed by atoms with Crippen LogP contribution in [-0.2, 0) is 9.84 Å². The molecule has 2 N–H and O–H groups in total. The van der Waals surface area contributed by atoms with Gasteiger partial charge in [0.1, 0.15) is 0 Å². The summed E-state index contributed by atoms with van der Waals surface area (Å²) >= 11 is 0. The van der Waals surface area contributed by atoms with Gasteiger partial charge in [-0.15, -0.1) is 0 Å². The molecule has 5 nitrogen and oxygen atoms in total. The number of sulfone groups is 1. The molecule has 2 unspecified atom stereocenters. The van der Waals surface area contributed by atoms with Crippen LogP contribution < -0.4 is 5.32 Å². The van der Waals surface area contributed by atoms with E-state index < -0.39 is 15.9 Å². The molecule has 2 atom stereocenters. The first-order valence-electron chi connectivity index (χ1n) is 7.23. The van der Waals surface area contributed by atoms with Crippen molar-refractivity contribution in [3.8, 4) is 0 Å². The molecule has 0 spiro atoms. The Labute approximate surface area is 126 Å². The second kappa shape index (κ2) is 6.87. The molecule has 1 aromatic rings. The Morgan fingerprint density at radius 2 is 2.05 bits per heavy atom. The number of rotatable bonds is 6. The highest BCUT2D eigenvalue weighted by Crippen LogP contribution is 2.17. The number of aliphatic hydroxyl groups is 1. The average molecular weight is 312 g/mol. The van der Waals surface area contributed by atoms with E-state index in [2.05, 4.69) is 17.3 Å². The van der Waals surface area contributed by atoms with E-state index in [9.17, 15) is 13.5 Å². The molecule has 1 saturated heterocycles. The molecule has 0 amide bonds. The molecule has 1 aliphatic rings. The lowest BCUT2D eigenvalue weighted by atomic mass is 10.1. The summed E-state index contributed by atoms with van der Waals surface area (Å²) in [4.78, 5) is 2.59. The van der Waals surface area contributed by atoms with Gasteiger partial charge >= 0.3 is 0 Å². The van der Waals surface area contributed by atoms with E-state index in [1.54, 1.807) is 24.3 Å². The number of nitrogens with zero attached hydrogens (tertiary/aromatic N) is 1. The van der Waals surface area contributed by atoms with E-state index in [-0.39, 0.29) is 4.90 Å². The van der Waals surface area contributed by atoms with Gasteiger partial charge in [0.15, 0.2) is 9.84 Å². The number of nitrogens with one attached hydrogen (secondary N) is 1. The number of benzene rings is 1. The molecule has 0 bridgehead atoms. The highest BCUT2D eigenvalue weighted by Gasteiger charge is 2.19. The van der Waals surface area contributed by atoms with Crippen LogP contribution in [0.3, 0.4) is 0 Å². The maximum atomic E-state index is 11.4. The minimum atomic E-state index is -3.18. The fourth-order valence-electron chi connectivity index (χ4n) is 2.67. The van der Waals surface area contributed by atoms with Gasteiger partial charge in [-0.2, -0.15) is 0 Å². The minimum Gasteiger partial charge on any atom is -0.387 e. The molecule has 1 aliphatic heterocycles. The largest absolute Gasteiger partial charge is 0.387 e. The Morgan fingerprint density at radius 3 is 2.57 bits per heavy atom. The van der Waals surface area contributed by atoms with Crippen molar-refractivity contribution in [1.82, 2.24) is 10.2 Å². The molecule has 1 fully saturated rings. The van der Waals surface area contributed by atoms with Gasteiger partial charge in [-0.1, -0.05) is 12.1 Å². The van der Waals surface area contributed by atoms with E-state index in [0.29, 0.717) is 12.5 Å². The second-order valence-corrected chi connectivity index (χ2v) is 7.95. The molecule has 0 saturated carbocycles. The first kappa shape index (κ1) is 16.4. The summed E-state index contributed by atoms with van der Waals surface area (Å²) in [5.41, 5.74) is 0.735. The molecular weight excluding hydrogens is 288 g/mol. The summed E-state index contributed by atoms with van der Waals surface area (Å²) in [6.07, 6.45) is 1.76. The summed E-state index contributed by atoms with van der Waals surface area (Å²) in [6, 6.07) is 6.43. The molecule has 1 aromatic carbocycles. The number of hydrogen-bond acceptors (Lipinski definition) is 5. The number of hydrogen-bond donors (Lipinski definition) is 2. The molecule has 118 valence electrons. The van der Waals surface area contributed by atoms with Gasteiger partial charge in [-0.25, -0.2) is 8.42 Å². The van der Waals surface area contributed by atoms with Crippen LogP contribution in [0.25, 0.3) is 0 Å². The standard InChI is InChI=1S/C15H24N2O3S/c1-17-8-7-12(11-17)9-16-10-15(18)13-3-5-14(6-4-13)21(2,19)20/h3-6,12,15-16,18H,7-11H2,1-2H3. The maximum Gasteiger partial charge on any atom is 0.175 e. The quantitative estimate of drug-likeness (QED) is 0.808. The van der Waals surface area contributed by atoms with Gasteiger partial charge in [0.2, 0.25) is 0 Å². The van der Waals surface area contributed by atoms with Crippen LogP contribution in [0.2, 0.25) is 0 Å². The molecule has 21 heavy (non-hydrogen) atoms. The summed E-state index contributed by atoms with van der Waals surface area (Å²) in [7, 11) is -1.06. The highest BCUT2D eigenvalue weighted by molar-refractivity contribution is 7.90. The van der Waals surface area contributed by atoms with Crippen molar-refractivity contribution in [2.75, 3.05) is 39.5 Å². The Kier molecular flexibility index (Phi) is 5.37. The van der Waals surface area contributed by atoms with Gasteiger partial charge in [0, 0.05) is 19.3 Å². The molecule has 2 rings (SSSR count). The van der Waals surface area contributed by atoms with Crippen LogP contribution in [0.1, 0.15) is 18.1 Å². The maximum absolute atomic E-state index is 11.4. The third kappa shape index (κ3) is 4.78. The molecule has 0 radical (unpaired) electrons. The van der Waals surface area contributed by atoms with Crippen molar-refractivity contribution in [3.05, 3.63) is 29.8 Å². The number of likely N-dealkylation sites (tertiary alicyclic amines) is 1. The SMILES string of the molecule is CN1CCC(CNCC(O)c2ccc(S(C)(=O)=O)cc2)C1. The highest BCUT2D eigenvalue weighted by atomic mass is 32.2. The summed E-state index contributed by atoms with van der Waals surface area (Å²) < 4.78 is 22.8. The lowest BCUT2D eigenvalue weighted by Gasteiger charge is -2.15. The van der Waals surface area contributed by atoms with Gasteiger partial charge in [0.25, 0.3) is 0 Å². The van der Waals surface area contributed by atoms with Crippen LogP contribution in [0, 0.1) is 5.92 Å². The number of aliphatic hydroxyl groups excluding tert-OH is 1. The fourth-order valence-corrected chi connectivity index (χ4v) is 3.30. The molecular formula is C15H24N2O3S. The van der Waals surface area contributed by atoms with Crippen molar-refractivity contribution in [2.24, 2.45) is 5.92 Å². The van der Waals surface area contributed by atoms with Crippen molar-refractivity contribution >= 4 is 9.84 Å². The van der Waals surface area contributed by atoms with E-state index in [1.165, 1.54) is 12.7 Å². The van der Waals surface area contributed by atoms with Crippen LogP contribution in [-0.4, -0.2) is 57.9 Å².